The van der Waals surface area contributed by atoms with Gasteiger partial charge in [0.15, 0.2) is 0 Å². The zero-order valence-corrected chi connectivity index (χ0v) is 13.2. The van der Waals surface area contributed by atoms with Gasteiger partial charge in [-0.2, -0.15) is 0 Å². The second-order valence-electron chi connectivity index (χ2n) is 5.64. The van der Waals surface area contributed by atoms with Gasteiger partial charge in [-0.25, -0.2) is 0 Å². The average molecular weight is 304 g/mol. The molecule has 1 aromatic heterocycles. The standard InChI is InChI=1S/C20H20N2O/c1-21-14-8-13-19(21)20(23)22(15-17-9-4-2-5-10-17)16-18-11-6-3-7-12-18/h2-14H,15-16H2,1H3. The van der Waals surface area contributed by atoms with E-state index in [1.807, 2.05) is 71.2 Å². The number of carbonyl (C=O) groups excluding carboxylic acids is 1. The number of nitrogens with zero attached hydrogens (tertiary/aromatic N) is 2. The van der Waals surface area contributed by atoms with Gasteiger partial charge >= 0.3 is 0 Å². The van der Waals surface area contributed by atoms with E-state index in [0.717, 1.165) is 11.1 Å². The molecule has 0 aliphatic heterocycles. The summed E-state index contributed by atoms with van der Waals surface area (Å²) in [5.74, 6) is 0.0465. The molecule has 0 spiro atoms. The number of carbonyl (C=O) groups is 1. The summed E-state index contributed by atoms with van der Waals surface area (Å²) in [4.78, 5) is 14.8. The molecule has 0 atom stereocenters. The van der Waals surface area contributed by atoms with Crippen molar-refractivity contribution in [2.45, 2.75) is 13.1 Å². The summed E-state index contributed by atoms with van der Waals surface area (Å²) in [7, 11) is 1.90. The van der Waals surface area contributed by atoms with Gasteiger partial charge in [-0.15, -0.1) is 0 Å². The van der Waals surface area contributed by atoms with Crippen LogP contribution in [0.3, 0.4) is 0 Å². The first-order valence-corrected chi connectivity index (χ1v) is 7.72. The highest BCUT2D eigenvalue weighted by atomic mass is 16.2. The number of benzene rings is 2. The van der Waals surface area contributed by atoms with E-state index in [2.05, 4.69) is 24.3 Å². The van der Waals surface area contributed by atoms with Crippen molar-refractivity contribution in [3.63, 3.8) is 0 Å². The van der Waals surface area contributed by atoms with Crippen LogP contribution in [0.4, 0.5) is 0 Å². The highest BCUT2D eigenvalue weighted by Crippen LogP contribution is 2.14. The highest BCUT2D eigenvalue weighted by molar-refractivity contribution is 5.92. The Morgan fingerprint density at radius 1 is 0.826 bits per heavy atom. The lowest BCUT2D eigenvalue weighted by Crippen LogP contribution is -2.31. The van der Waals surface area contributed by atoms with Crippen molar-refractivity contribution in [3.05, 3.63) is 95.8 Å². The fourth-order valence-corrected chi connectivity index (χ4v) is 2.65. The fraction of sp³-hybridized carbons (Fsp3) is 0.150. The molecule has 23 heavy (non-hydrogen) atoms. The Kier molecular flexibility index (Phi) is 4.57. The molecule has 0 bridgehead atoms. The van der Waals surface area contributed by atoms with Gasteiger partial charge < -0.3 is 9.47 Å². The first kappa shape index (κ1) is 15.1. The summed E-state index contributed by atoms with van der Waals surface area (Å²) >= 11 is 0. The van der Waals surface area contributed by atoms with Gasteiger partial charge in [0, 0.05) is 26.3 Å². The Morgan fingerprint density at radius 3 is 1.78 bits per heavy atom. The van der Waals surface area contributed by atoms with Crippen molar-refractivity contribution in [2.24, 2.45) is 7.05 Å². The zero-order valence-electron chi connectivity index (χ0n) is 13.2. The van der Waals surface area contributed by atoms with Crippen molar-refractivity contribution in [1.82, 2.24) is 9.47 Å². The molecule has 0 unspecified atom stereocenters. The Bertz CT molecular complexity index is 721. The Morgan fingerprint density at radius 2 is 1.35 bits per heavy atom. The van der Waals surface area contributed by atoms with E-state index >= 15 is 0 Å². The van der Waals surface area contributed by atoms with E-state index in [1.54, 1.807) is 0 Å². The van der Waals surface area contributed by atoms with E-state index in [4.69, 9.17) is 0 Å². The molecule has 0 aliphatic rings. The maximum absolute atomic E-state index is 12.9. The molecule has 0 saturated carbocycles. The molecule has 3 heteroatoms. The largest absolute Gasteiger partial charge is 0.347 e. The molecule has 3 aromatic rings. The summed E-state index contributed by atoms with van der Waals surface area (Å²) in [5, 5.41) is 0. The molecule has 116 valence electrons. The van der Waals surface area contributed by atoms with Gasteiger partial charge in [-0.1, -0.05) is 60.7 Å². The average Bonchev–Trinajstić information content (AvgIpc) is 3.01. The van der Waals surface area contributed by atoms with Crippen molar-refractivity contribution in [1.29, 1.82) is 0 Å². The first-order chi connectivity index (χ1) is 11.2. The minimum atomic E-state index is 0.0465. The smallest absolute Gasteiger partial charge is 0.271 e. The van der Waals surface area contributed by atoms with E-state index in [1.165, 1.54) is 0 Å². The summed E-state index contributed by atoms with van der Waals surface area (Å²) in [5.41, 5.74) is 2.97. The lowest BCUT2D eigenvalue weighted by atomic mass is 10.1. The van der Waals surface area contributed by atoms with Crippen LogP contribution >= 0.6 is 0 Å². The molecule has 1 amide bonds. The monoisotopic (exact) mass is 304 g/mol. The van der Waals surface area contributed by atoms with Gasteiger partial charge in [-0.05, 0) is 23.3 Å². The number of aryl methyl sites for hydroxylation is 1. The Labute approximate surface area is 136 Å². The van der Waals surface area contributed by atoms with Crippen LogP contribution in [0.1, 0.15) is 21.6 Å². The van der Waals surface area contributed by atoms with Crippen LogP contribution in [0, 0.1) is 0 Å². The molecule has 3 nitrogen and oxygen atoms in total. The van der Waals surface area contributed by atoms with Gasteiger partial charge in [0.25, 0.3) is 5.91 Å². The Hall–Kier alpha value is -2.81. The van der Waals surface area contributed by atoms with Crippen LogP contribution in [-0.4, -0.2) is 15.4 Å². The molecular formula is C20H20N2O. The number of amides is 1. The summed E-state index contributed by atoms with van der Waals surface area (Å²) in [6, 6.07) is 24.0. The van der Waals surface area contributed by atoms with Crippen molar-refractivity contribution < 1.29 is 4.79 Å². The number of rotatable bonds is 5. The molecule has 0 aliphatic carbocycles. The maximum atomic E-state index is 12.9. The summed E-state index contributed by atoms with van der Waals surface area (Å²) in [6.07, 6.45) is 1.90. The second-order valence-corrected chi connectivity index (χ2v) is 5.64. The topological polar surface area (TPSA) is 25.2 Å². The third-order valence-electron chi connectivity index (χ3n) is 3.88. The molecule has 3 rings (SSSR count). The quantitative estimate of drug-likeness (QED) is 0.702. The van der Waals surface area contributed by atoms with Crippen LogP contribution in [0.5, 0.6) is 0 Å². The molecule has 0 N–H and O–H groups in total. The lowest BCUT2D eigenvalue weighted by Gasteiger charge is -2.23. The van der Waals surface area contributed by atoms with Crippen LogP contribution in [-0.2, 0) is 20.1 Å². The highest BCUT2D eigenvalue weighted by Gasteiger charge is 2.18. The molecular weight excluding hydrogens is 284 g/mol. The predicted octanol–water partition coefficient (Wildman–Crippen LogP) is 3.87. The third-order valence-corrected chi connectivity index (χ3v) is 3.88. The van der Waals surface area contributed by atoms with E-state index in [9.17, 15) is 4.79 Å². The van der Waals surface area contributed by atoms with Crippen LogP contribution in [0.15, 0.2) is 79.0 Å². The van der Waals surface area contributed by atoms with E-state index in [-0.39, 0.29) is 5.91 Å². The molecule has 0 fully saturated rings. The zero-order chi connectivity index (χ0) is 16.1. The van der Waals surface area contributed by atoms with Crippen molar-refractivity contribution in [2.75, 3.05) is 0 Å². The maximum Gasteiger partial charge on any atom is 0.271 e. The van der Waals surface area contributed by atoms with Gasteiger partial charge in [0.1, 0.15) is 5.69 Å². The predicted molar refractivity (Wildman–Crippen MR) is 91.9 cm³/mol. The van der Waals surface area contributed by atoms with Gasteiger partial charge in [0.2, 0.25) is 0 Å². The van der Waals surface area contributed by atoms with Gasteiger partial charge in [-0.3, -0.25) is 4.79 Å². The minimum absolute atomic E-state index is 0.0465. The molecule has 2 aromatic carbocycles. The molecule has 0 saturated heterocycles. The van der Waals surface area contributed by atoms with Crippen molar-refractivity contribution >= 4 is 5.91 Å². The first-order valence-electron chi connectivity index (χ1n) is 7.72. The van der Waals surface area contributed by atoms with Crippen LogP contribution < -0.4 is 0 Å². The molecule has 1 heterocycles. The fourth-order valence-electron chi connectivity index (χ4n) is 2.65. The normalized spacial score (nSPS) is 10.5. The summed E-state index contributed by atoms with van der Waals surface area (Å²) in [6.45, 7) is 1.19. The number of hydrogen-bond acceptors (Lipinski definition) is 1. The third kappa shape index (κ3) is 3.69. The number of hydrogen-bond donors (Lipinski definition) is 0. The lowest BCUT2D eigenvalue weighted by molar-refractivity contribution is 0.0720. The van der Waals surface area contributed by atoms with E-state index in [0.29, 0.717) is 18.8 Å². The van der Waals surface area contributed by atoms with Gasteiger partial charge in [0.05, 0.1) is 0 Å². The van der Waals surface area contributed by atoms with Crippen molar-refractivity contribution in [3.8, 4) is 0 Å². The van der Waals surface area contributed by atoms with Crippen LogP contribution in [0.25, 0.3) is 0 Å². The molecule has 0 radical (unpaired) electrons. The SMILES string of the molecule is Cn1cccc1C(=O)N(Cc1ccccc1)Cc1ccccc1. The Balaban J connectivity index is 1.86. The number of aromatic nitrogens is 1. The summed E-state index contributed by atoms with van der Waals surface area (Å²) < 4.78 is 1.87. The minimum Gasteiger partial charge on any atom is -0.347 e. The van der Waals surface area contributed by atoms with E-state index < -0.39 is 0 Å². The van der Waals surface area contributed by atoms with Crippen LogP contribution in [0.2, 0.25) is 0 Å². The second kappa shape index (κ2) is 6.97.